The first kappa shape index (κ1) is 33.4. The van der Waals surface area contributed by atoms with Crippen molar-refractivity contribution in [3.63, 3.8) is 0 Å². The van der Waals surface area contributed by atoms with E-state index in [0.29, 0.717) is 45.1 Å². The third-order valence-corrected chi connectivity index (χ3v) is 5.93. The molecule has 2 aromatic heterocycles. The first-order valence-corrected chi connectivity index (χ1v) is 13.1. The summed E-state index contributed by atoms with van der Waals surface area (Å²) in [6, 6.07) is 20.2. The van der Waals surface area contributed by atoms with E-state index in [0.717, 1.165) is 6.42 Å². The van der Waals surface area contributed by atoms with Gasteiger partial charge in [0, 0.05) is 22.2 Å². The molecule has 0 unspecified atom stereocenters. The monoisotopic (exact) mass is 618 g/mol. The van der Waals surface area contributed by atoms with E-state index in [4.69, 9.17) is 49.0 Å². The van der Waals surface area contributed by atoms with Crippen LogP contribution in [0.15, 0.2) is 72.8 Å². The third-order valence-electron chi connectivity index (χ3n) is 5.14. The number of carbonyl (C=O) groups excluding carboxylic acids is 2. The maximum absolute atomic E-state index is 11.7. The molecule has 0 aliphatic heterocycles. The van der Waals surface area contributed by atoms with Crippen molar-refractivity contribution in [3.05, 3.63) is 105 Å². The molecule has 0 N–H and O–H groups in total. The zero-order chi connectivity index (χ0) is 29.1. The van der Waals surface area contributed by atoms with Gasteiger partial charge in [0.15, 0.2) is 0 Å². The lowest BCUT2D eigenvalue weighted by atomic mass is 10.1. The summed E-state index contributed by atoms with van der Waals surface area (Å²) in [6.45, 7) is 2.02. The van der Waals surface area contributed by atoms with Crippen LogP contribution in [-0.2, 0) is 15.9 Å². The highest BCUT2D eigenvalue weighted by atomic mass is 35.5. The molecule has 216 valence electrons. The van der Waals surface area contributed by atoms with Crippen molar-refractivity contribution >= 4 is 46.7 Å². The largest absolute Gasteiger partial charge is 0.465 e. The second kappa shape index (κ2) is 16.4. The zero-order valence-corrected chi connectivity index (χ0v) is 24.1. The van der Waals surface area contributed by atoms with Gasteiger partial charge in [0.05, 0.1) is 31.0 Å². The van der Waals surface area contributed by atoms with E-state index >= 15 is 0 Å². The van der Waals surface area contributed by atoms with E-state index < -0.39 is 5.97 Å². The van der Waals surface area contributed by atoms with Gasteiger partial charge < -0.3 is 18.9 Å². The number of carbonyl (C=O) groups is 2. The van der Waals surface area contributed by atoms with Crippen LogP contribution < -0.4 is 9.47 Å². The molecule has 2 heterocycles. The molecule has 0 aliphatic carbocycles. The average molecular weight is 620 g/mol. The SMILES string of the molecule is C.CCCc1nc(Oc2ccc(Cl)cc2)ccc1C(=O)OC.COC(=O)c1ccc(Oc2ccc(Cl)cc2)nc1Cl. The molecule has 0 spiro atoms. The van der Waals surface area contributed by atoms with Crippen molar-refractivity contribution < 1.29 is 28.5 Å². The molecular formula is C30H29Cl3N2O6. The number of methoxy groups -OCH3 is 2. The molecule has 0 radical (unpaired) electrons. The van der Waals surface area contributed by atoms with Crippen LogP contribution in [0.5, 0.6) is 23.3 Å². The van der Waals surface area contributed by atoms with Crippen molar-refractivity contribution in [2.45, 2.75) is 27.2 Å². The standard InChI is InChI=1S/C16H16ClNO3.C13H9Cl2NO3.CH4/c1-3-4-14-13(16(19)20-2)9-10-15(18-14)21-12-7-5-11(17)6-8-12;1-18-13(17)10-6-7-11(16-12(10)15)19-9-4-2-8(14)3-5-9;/h5-10H,3-4H2,1-2H3;2-7H,1H3;1H4. The van der Waals surface area contributed by atoms with Gasteiger partial charge >= 0.3 is 11.9 Å². The van der Waals surface area contributed by atoms with Gasteiger partial charge in [0.1, 0.15) is 16.7 Å². The van der Waals surface area contributed by atoms with Gasteiger partial charge in [-0.05, 0) is 67.1 Å². The van der Waals surface area contributed by atoms with Crippen molar-refractivity contribution in [1.29, 1.82) is 0 Å². The Balaban J connectivity index is 0.000000281. The lowest BCUT2D eigenvalue weighted by Crippen LogP contribution is -2.08. The molecular weight excluding hydrogens is 591 g/mol. The second-order valence-electron chi connectivity index (χ2n) is 7.98. The Bertz CT molecular complexity index is 1450. The molecule has 8 nitrogen and oxygen atoms in total. The van der Waals surface area contributed by atoms with Gasteiger partial charge in [-0.15, -0.1) is 0 Å². The van der Waals surface area contributed by atoms with E-state index in [-0.39, 0.29) is 30.0 Å². The lowest BCUT2D eigenvalue weighted by Gasteiger charge is -2.10. The minimum absolute atomic E-state index is 0. The predicted octanol–water partition coefficient (Wildman–Crippen LogP) is 8.87. The molecule has 0 amide bonds. The summed E-state index contributed by atoms with van der Waals surface area (Å²) in [7, 11) is 2.63. The van der Waals surface area contributed by atoms with Gasteiger partial charge in [-0.2, -0.15) is 0 Å². The highest BCUT2D eigenvalue weighted by Gasteiger charge is 2.15. The van der Waals surface area contributed by atoms with Crippen LogP contribution in [0.2, 0.25) is 15.2 Å². The van der Waals surface area contributed by atoms with E-state index in [1.165, 1.54) is 26.4 Å². The summed E-state index contributed by atoms with van der Waals surface area (Å²) in [5.74, 6) is 0.992. The molecule has 0 bridgehead atoms. The summed E-state index contributed by atoms with van der Waals surface area (Å²) in [5, 5.41) is 1.28. The summed E-state index contributed by atoms with van der Waals surface area (Å²) in [5.41, 5.74) is 1.34. The highest BCUT2D eigenvalue weighted by molar-refractivity contribution is 6.32. The van der Waals surface area contributed by atoms with Crippen LogP contribution >= 0.6 is 34.8 Å². The molecule has 4 aromatic rings. The van der Waals surface area contributed by atoms with Crippen molar-refractivity contribution in [2.24, 2.45) is 0 Å². The Hall–Kier alpha value is -3.85. The second-order valence-corrected chi connectivity index (χ2v) is 9.21. The highest BCUT2D eigenvalue weighted by Crippen LogP contribution is 2.25. The number of halogens is 3. The normalized spacial score (nSPS) is 9.90. The lowest BCUT2D eigenvalue weighted by molar-refractivity contribution is 0.0590. The fourth-order valence-corrected chi connectivity index (χ4v) is 3.72. The van der Waals surface area contributed by atoms with Crippen molar-refractivity contribution in [3.8, 4) is 23.3 Å². The van der Waals surface area contributed by atoms with Gasteiger partial charge in [-0.3, -0.25) is 0 Å². The minimum atomic E-state index is -0.546. The first-order valence-electron chi connectivity index (χ1n) is 11.9. The maximum atomic E-state index is 11.7. The number of pyridine rings is 2. The molecule has 0 atom stereocenters. The fourth-order valence-electron chi connectivity index (χ4n) is 3.24. The summed E-state index contributed by atoms with van der Waals surface area (Å²) in [4.78, 5) is 31.4. The van der Waals surface area contributed by atoms with Crippen LogP contribution in [0.4, 0.5) is 0 Å². The smallest absolute Gasteiger partial charge is 0.341 e. The van der Waals surface area contributed by atoms with E-state index in [9.17, 15) is 9.59 Å². The summed E-state index contributed by atoms with van der Waals surface area (Å²) >= 11 is 17.5. The Morgan fingerprint density at radius 1 is 0.659 bits per heavy atom. The molecule has 0 saturated carbocycles. The van der Waals surface area contributed by atoms with E-state index in [1.54, 1.807) is 60.7 Å². The Kier molecular flexibility index (Phi) is 13.4. The number of benzene rings is 2. The van der Waals surface area contributed by atoms with Crippen molar-refractivity contribution in [1.82, 2.24) is 9.97 Å². The van der Waals surface area contributed by atoms with Crippen LogP contribution in [0, 0.1) is 0 Å². The molecule has 2 aromatic carbocycles. The van der Waals surface area contributed by atoms with Crippen molar-refractivity contribution in [2.75, 3.05) is 14.2 Å². The number of rotatable bonds is 8. The molecule has 0 aliphatic rings. The molecule has 0 fully saturated rings. The zero-order valence-electron chi connectivity index (χ0n) is 21.8. The number of nitrogens with zero attached hydrogens (tertiary/aromatic N) is 2. The topological polar surface area (TPSA) is 96.8 Å². The van der Waals surface area contributed by atoms with Gasteiger partial charge in [-0.1, -0.05) is 55.6 Å². The fraction of sp³-hybridized carbons (Fsp3) is 0.200. The van der Waals surface area contributed by atoms with Crippen LogP contribution in [0.3, 0.4) is 0 Å². The number of hydrogen-bond acceptors (Lipinski definition) is 8. The summed E-state index contributed by atoms with van der Waals surface area (Å²) in [6.07, 6.45) is 1.56. The van der Waals surface area contributed by atoms with Gasteiger partial charge in [-0.25, -0.2) is 19.6 Å². The van der Waals surface area contributed by atoms with Gasteiger partial charge in [0.2, 0.25) is 11.8 Å². The maximum Gasteiger partial charge on any atom is 0.341 e. The van der Waals surface area contributed by atoms with Crippen LogP contribution in [0.25, 0.3) is 0 Å². The third kappa shape index (κ3) is 9.93. The van der Waals surface area contributed by atoms with Crippen LogP contribution in [-0.4, -0.2) is 36.1 Å². The van der Waals surface area contributed by atoms with Crippen LogP contribution in [0.1, 0.15) is 47.2 Å². The first-order chi connectivity index (χ1) is 19.2. The Morgan fingerprint density at radius 3 is 1.54 bits per heavy atom. The number of aryl methyl sites for hydroxylation is 1. The minimum Gasteiger partial charge on any atom is -0.465 e. The Labute approximate surface area is 254 Å². The van der Waals surface area contributed by atoms with E-state index in [2.05, 4.69) is 14.7 Å². The average Bonchev–Trinajstić information content (AvgIpc) is 2.95. The number of aromatic nitrogens is 2. The van der Waals surface area contributed by atoms with E-state index in [1.807, 2.05) is 6.92 Å². The quantitative estimate of drug-likeness (QED) is 0.142. The van der Waals surface area contributed by atoms with Gasteiger partial charge in [0.25, 0.3) is 0 Å². The molecule has 0 saturated heterocycles. The summed E-state index contributed by atoms with van der Waals surface area (Å²) < 4.78 is 20.5. The molecule has 4 rings (SSSR count). The Morgan fingerprint density at radius 2 is 1.10 bits per heavy atom. The molecule has 41 heavy (non-hydrogen) atoms. The predicted molar refractivity (Wildman–Crippen MR) is 160 cm³/mol. The number of hydrogen-bond donors (Lipinski definition) is 0. The number of esters is 2. The molecule has 11 heteroatoms. The number of ether oxygens (including phenoxy) is 4.